The molecule has 0 aromatic heterocycles. The van der Waals surface area contributed by atoms with Crippen molar-refractivity contribution in [3.05, 3.63) is 47.5 Å². The van der Waals surface area contributed by atoms with E-state index >= 15 is 0 Å². The molecule has 0 bridgehead atoms. The van der Waals surface area contributed by atoms with Gasteiger partial charge in [-0.3, -0.25) is 0 Å². The van der Waals surface area contributed by atoms with Crippen molar-refractivity contribution in [1.29, 1.82) is 0 Å². The lowest BCUT2D eigenvalue weighted by atomic mass is 10.1. The first-order chi connectivity index (χ1) is 9.67. The molecule has 0 saturated heterocycles. The highest BCUT2D eigenvalue weighted by molar-refractivity contribution is 5.56. The topological polar surface area (TPSA) is 61.7 Å². The van der Waals surface area contributed by atoms with Crippen molar-refractivity contribution in [2.75, 3.05) is 12.4 Å². The molecular formula is C16H17NO3. The van der Waals surface area contributed by atoms with Crippen molar-refractivity contribution in [3.8, 4) is 17.2 Å². The van der Waals surface area contributed by atoms with Crippen LogP contribution in [0.5, 0.6) is 17.2 Å². The Labute approximate surface area is 117 Å². The molecule has 0 spiro atoms. The summed E-state index contributed by atoms with van der Waals surface area (Å²) in [6.45, 7) is 0. The fourth-order valence-electron chi connectivity index (χ4n) is 2.73. The number of benzene rings is 2. The third kappa shape index (κ3) is 2.25. The quantitative estimate of drug-likeness (QED) is 0.802. The van der Waals surface area contributed by atoms with Crippen molar-refractivity contribution in [1.82, 2.24) is 0 Å². The minimum atomic E-state index is 0.126. The highest BCUT2D eigenvalue weighted by Gasteiger charge is 2.22. The Kier molecular flexibility index (Phi) is 3.14. The molecule has 1 unspecified atom stereocenters. The number of nitrogens with one attached hydrogen (secondary N) is 1. The molecule has 4 nitrogen and oxygen atoms in total. The van der Waals surface area contributed by atoms with E-state index in [-0.39, 0.29) is 11.8 Å². The Hall–Kier alpha value is -2.36. The van der Waals surface area contributed by atoms with E-state index in [9.17, 15) is 10.2 Å². The van der Waals surface area contributed by atoms with Crippen LogP contribution in [0.2, 0.25) is 0 Å². The highest BCUT2D eigenvalue weighted by atomic mass is 16.5. The fraction of sp³-hybridized carbons (Fsp3) is 0.250. The largest absolute Gasteiger partial charge is 0.508 e. The van der Waals surface area contributed by atoms with Crippen molar-refractivity contribution in [2.24, 2.45) is 0 Å². The van der Waals surface area contributed by atoms with Crippen molar-refractivity contribution in [2.45, 2.75) is 18.9 Å². The number of methoxy groups -OCH3 is 1. The Balaban J connectivity index is 1.82. The van der Waals surface area contributed by atoms with E-state index in [1.165, 1.54) is 18.2 Å². The number of phenols is 2. The zero-order valence-electron chi connectivity index (χ0n) is 11.3. The van der Waals surface area contributed by atoms with Gasteiger partial charge in [-0.25, -0.2) is 0 Å². The van der Waals surface area contributed by atoms with Gasteiger partial charge >= 0.3 is 0 Å². The molecule has 1 aliphatic carbocycles. The molecule has 2 aromatic rings. The summed E-state index contributed by atoms with van der Waals surface area (Å²) in [5.74, 6) is 0.903. The first kappa shape index (κ1) is 12.7. The lowest BCUT2D eigenvalue weighted by Gasteiger charge is -2.16. The van der Waals surface area contributed by atoms with E-state index in [1.54, 1.807) is 18.2 Å². The van der Waals surface area contributed by atoms with Crippen molar-refractivity contribution >= 4 is 5.69 Å². The number of fused-ring (bicyclic) bond motifs is 1. The third-order valence-corrected chi connectivity index (χ3v) is 3.72. The first-order valence-electron chi connectivity index (χ1n) is 6.62. The number of aryl methyl sites for hydroxylation is 1. The predicted molar refractivity (Wildman–Crippen MR) is 77.5 cm³/mol. The molecule has 1 aliphatic rings. The Bertz CT molecular complexity index is 640. The standard InChI is InChI=1S/C16H17NO3/c1-20-16-7-3-11(9-15(16)19)17-14-6-2-10-8-12(18)4-5-13(10)14/h3-5,7-9,14,17-19H,2,6H2,1H3. The third-order valence-electron chi connectivity index (χ3n) is 3.72. The van der Waals surface area contributed by atoms with E-state index in [0.717, 1.165) is 18.5 Å². The monoisotopic (exact) mass is 271 g/mol. The van der Waals surface area contributed by atoms with E-state index in [0.29, 0.717) is 11.5 Å². The molecule has 0 amide bonds. The molecule has 0 heterocycles. The van der Waals surface area contributed by atoms with Gasteiger partial charge in [-0.1, -0.05) is 6.07 Å². The maximum atomic E-state index is 9.80. The minimum absolute atomic E-state index is 0.126. The molecule has 1 atom stereocenters. The fourth-order valence-corrected chi connectivity index (χ4v) is 2.73. The summed E-state index contributed by atoms with van der Waals surface area (Å²) >= 11 is 0. The van der Waals surface area contributed by atoms with Gasteiger partial charge < -0.3 is 20.3 Å². The Morgan fingerprint density at radius 1 is 1.15 bits per heavy atom. The molecule has 3 rings (SSSR count). The van der Waals surface area contributed by atoms with Crippen molar-refractivity contribution < 1.29 is 14.9 Å². The summed E-state index contributed by atoms with van der Waals surface area (Å²) in [5.41, 5.74) is 3.24. The summed E-state index contributed by atoms with van der Waals surface area (Å²) in [7, 11) is 1.53. The molecule has 0 saturated carbocycles. The van der Waals surface area contributed by atoms with E-state index in [1.807, 2.05) is 18.2 Å². The SMILES string of the molecule is COc1ccc(NC2CCc3cc(O)ccc32)cc1O. The van der Waals surface area contributed by atoms with Crippen molar-refractivity contribution in [3.63, 3.8) is 0 Å². The van der Waals surface area contributed by atoms with Crippen LogP contribution in [0.3, 0.4) is 0 Å². The van der Waals surface area contributed by atoms with Crippen LogP contribution in [0.4, 0.5) is 5.69 Å². The Morgan fingerprint density at radius 2 is 2.00 bits per heavy atom. The molecular weight excluding hydrogens is 254 g/mol. The minimum Gasteiger partial charge on any atom is -0.508 e. The number of ether oxygens (including phenoxy) is 1. The van der Waals surface area contributed by atoms with Crippen LogP contribution < -0.4 is 10.1 Å². The normalized spacial score (nSPS) is 16.8. The van der Waals surface area contributed by atoms with Gasteiger partial charge in [0.25, 0.3) is 0 Å². The number of rotatable bonds is 3. The van der Waals surface area contributed by atoms with Gasteiger partial charge in [0.05, 0.1) is 13.2 Å². The van der Waals surface area contributed by atoms with E-state index in [2.05, 4.69) is 5.32 Å². The first-order valence-corrected chi connectivity index (χ1v) is 6.62. The maximum Gasteiger partial charge on any atom is 0.160 e. The maximum absolute atomic E-state index is 9.80. The second-order valence-corrected chi connectivity index (χ2v) is 5.01. The van der Waals surface area contributed by atoms with Gasteiger partial charge in [0.15, 0.2) is 11.5 Å². The zero-order chi connectivity index (χ0) is 14.1. The summed E-state index contributed by atoms with van der Waals surface area (Å²) in [6.07, 6.45) is 1.93. The van der Waals surface area contributed by atoms with Crippen LogP contribution in [-0.2, 0) is 6.42 Å². The highest BCUT2D eigenvalue weighted by Crippen LogP contribution is 2.37. The lowest BCUT2D eigenvalue weighted by molar-refractivity contribution is 0.373. The summed E-state index contributed by atoms with van der Waals surface area (Å²) in [6, 6.07) is 11.0. The van der Waals surface area contributed by atoms with Gasteiger partial charge in [0.1, 0.15) is 5.75 Å². The second kappa shape index (κ2) is 4.96. The van der Waals surface area contributed by atoms with Gasteiger partial charge in [-0.05, 0) is 48.2 Å². The average Bonchev–Trinajstić information content (AvgIpc) is 2.81. The molecule has 0 aliphatic heterocycles. The zero-order valence-corrected chi connectivity index (χ0v) is 11.3. The van der Waals surface area contributed by atoms with Gasteiger partial charge in [0, 0.05) is 11.8 Å². The molecule has 4 heteroatoms. The molecule has 2 aromatic carbocycles. The van der Waals surface area contributed by atoms with Gasteiger partial charge in [-0.2, -0.15) is 0 Å². The molecule has 3 N–H and O–H groups in total. The van der Waals surface area contributed by atoms with E-state index < -0.39 is 0 Å². The van der Waals surface area contributed by atoms with E-state index in [4.69, 9.17) is 4.74 Å². The smallest absolute Gasteiger partial charge is 0.160 e. The van der Waals surface area contributed by atoms with Crippen LogP contribution >= 0.6 is 0 Å². The number of anilines is 1. The lowest BCUT2D eigenvalue weighted by Crippen LogP contribution is -2.06. The average molecular weight is 271 g/mol. The number of aromatic hydroxyl groups is 2. The second-order valence-electron chi connectivity index (χ2n) is 5.01. The number of phenolic OH excluding ortho intramolecular Hbond substituents is 2. The van der Waals surface area contributed by atoms with Crippen LogP contribution in [0.15, 0.2) is 36.4 Å². The predicted octanol–water partition coefficient (Wildman–Crippen LogP) is 3.21. The number of hydrogen-bond donors (Lipinski definition) is 3. The van der Waals surface area contributed by atoms with Crippen LogP contribution in [0, 0.1) is 0 Å². The van der Waals surface area contributed by atoms with Gasteiger partial charge in [-0.15, -0.1) is 0 Å². The van der Waals surface area contributed by atoms with Crippen LogP contribution in [0.1, 0.15) is 23.6 Å². The number of hydrogen-bond acceptors (Lipinski definition) is 4. The van der Waals surface area contributed by atoms with Crippen LogP contribution in [-0.4, -0.2) is 17.3 Å². The molecule has 104 valence electrons. The Morgan fingerprint density at radius 3 is 2.75 bits per heavy atom. The van der Waals surface area contributed by atoms with Crippen LogP contribution in [0.25, 0.3) is 0 Å². The van der Waals surface area contributed by atoms with Gasteiger partial charge in [0.2, 0.25) is 0 Å². The summed E-state index contributed by atoms with van der Waals surface area (Å²) in [5, 5.41) is 22.7. The molecule has 20 heavy (non-hydrogen) atoms. The summed E-state index contributed by atoms with van der Waals surface area (Å²) < 4.78 is 5.03. The summed E-state index contributed by atoms with van der Waals surface area (Å²) in [4.78, 5) is 0. The molecule has 0 fully saturated rings. The molecule has 0 radical (unpaired) electrons.